The van der Waals surface area contributed by atoms with Crippen molar-refractivity contribution in [1.29, 1.82) is 0 Å². The minimum Gasteiger partial charge on any atom is -0.504 e. The van der Waals surface area contributed by atoms with Gasteiger partial charge >= 0.3 is 5.97 Å². The Morgan fingerprint density at radius 1 is 1.06 bits per heavy atom. The summed E-state index contributed by atoms with van der Waals surface area (Å²) in [5.41, 5.74) is 1.85. The molecule has 1 aliphatic rings. The second kappa shape index (κ2) is 10.6. The number of hydrogen-bond donors (Lipinski definition) is 2. The summed E-state index contributed by atoms with van der Waals surface area (Å²) >= 11 is 0. The van der Waals surface area contributed by atoms with E-state index in [9.17, 15) is 15.0 Å². The fraction of sp³-hybridized carbons (Fsp3) is 0.480. The summed E-state index contributed by atoms with van der Waals surface area (Å²) in [5.74, 6) is 0.934. The van der Waals surface area contributed by atoms with Gasteiger partial charge < -0.3 is 29.2 Å². The van der Waals surface area contributed by atoms with Crippen molar-refractivity contribution in [1.82, 2.24) is 0 Å². The molecule has 32 heavy (non-hydrogen) atoms. The van der Waals surface area contributed by atoms with Gasteiger partial charge in [0.2, 0.25) is 0 Å². The van der Waals surface area contributed by atoms with Gasteiger partial charge in [0.1, 0.15) is 0 Å². The van der Waals surface area contributed by atoms with Crippen LogP contribution in [0.15, 0.2) is 36.4 Å². The van der Waals surface area contributed by atoms with Gasteiger partial charge in [-0.3, -0.25) is 4.79 Å². The van der Waals surface area contributed by atoms with Crippen LogP contribution < -0.4 is 9.47 Å². The largest absolute Gasteiger partial charge is 0.504 e. The SMILES string of the molecule is COc1cc(C[C@@H]2CO[C@H](c3ccc(O)c(OC)c3)[C@H]2COC(=O)CC(C)C)ccc1O. The molecule has 1 saturated heterocycles. The highest BCUT2D eigenvalue weighted by atomic mass is 16.5. The van der Waals surface area contributed by atoms with Crippen LogP contribution in [-0.2, 0) is 20.7 Å². The highest BCUT2D eigenvalue weighted by Crippen LogP contribution is 2.43. The lowest BCUT2D eigenvalue weighted by Crippen LogP contribution is -2.25. The van der Waals surface area contributed by atoms with Gasteiger partial charge in [-0.2, -0.15) is 0 Å². The Bertz CT molecular complexity index is 925. The van der Waals surface area contributed by atoms with Crippen molar-refractivity contribution in [2.45, 2.75) is 32.8 Å². The van der Waals surface area contributed by atoms with E-state index < -0.39 is 0 Å². The van der Waals surface area contributed by atoms with Crippen molar-refractivity contribution in [3.05, 3.63) is 47.5 Å². The number of benzene rings is 2. The molecule has 2 N–H and O–H groups in total. The molecule has 7 nitrogen and oxygen atoms in total. The highest BCUT2D eigenvalue weighted by Gasteiger charge is 2.39. The lowest BCUT2D eigenvalue weighted by atomic mass is 9.84. The summed E-state index contributed by atoms with van der Waals surface area (Å²) < 4.78 is 22.3. The molecule has 2 aromatic rings. The van der Waals surface area contributed by atoms with Crippen molar-refractivity contribution < 1.29 is 34.0 Å². The van der Waals surface area contributed by atoms with Crippen molar-refractivity contribution in [3.63, 3.8) is 0 Å². The Morgan fingerprint density at radius 2 is 1.72 bits per heavy atom. The van der Waals surface area contributed by atoms with Crippen LogP contribution in [-0.4, -0.2) is 43.6 Å². The maximum Gasteiger partial charge on any atom is 0.306 e. The van der Waals surface area contributed by atoms with Crippen molar-refractivity contribution in [2.24, 2.45) is 17.8 Å². The second-order valence-electron chi connectivity index (χ2n) is 8.60. The Hall–Kier alpha value is -2.93. The zero-order valence-electron chi connectivity index (χ0n) is 19.0. The Kier molecular flexibility index (Phi) is 7.85. The Morgan fingerprint density at radius 3 is 2.38 bits per heavy atom. The molecule has 0 aromatic heterocycles. The van der Waals surface area contributed by atoms with Crippen LogP contribution >= 0.6 is 0 Å². The van der Waals surface area contributed by atoms with Gasteiger partial charge in [-0.05, 0) is 53.6 Å². The molecule has 1 fully saturated rings. The number of esters is 1. The Labute approximate surface area is 188 Å². The maximum atomic E-state index is 12.2. The molecule has 0 unspecified atom stereocenters. The summed E-state index contributed by atoms with van der Waals surface area (Å²) in [5, 5.41) is 19.8. The lowest BCUT2D eigenvalue weighted by molar-refractivity contribution is -0.146. The zero-order chi connectivity index (χ0) is 23.3. The van der Waals surface area contributed by atoms with Gasteiger partial charge in [0.15, 0.2) is 23.0 Å². The Balaban J connectivity index is 1.83. The highest BCUT2D eigenvalue weighted by molar-refractivity contribution is 5.69. The third-order valence-electron chi connectivity index (χ3n) is 5.77. The van der Waals surface area contributed by atoms with Gasteiger partial charge in [-0.1, -0.05) is 26.0 Å². The number of ether oxygens (including phenoxy) is 4. The summed E-state index contributed by atoms with van der Waals surface area (Å²) in [6.07, 6.45) is 0.736. The summed E-state index contributed by atoms with van der Waals surface area (Å²) in [4.78, 5) is 12.2. The summed E-state index contributed by atoms with van der Waals surface area (Å²) in [7, 11) is 3.02. The first-order valence-corrected chi connectivity index (χ1v) is 10.8. The van der Waals surface area contributed by atoms with Crippen LogP contribution in [0, 0.1) is 17.8 Å². The van der Waals surface area contributed by atoms with E-state index in [4.69, 9.17) is 18.9 Å². The number of carbonyl (C=O) groups excluding carboxylic acids is 1. The average molecular weight is 445 g/mol. The van der Waals surface area contributed by atoms with Gasteiger partial charge in [0, 0.05) is 12.3 Å². The molecule has 2 aromatic carbocycles. The van der Waals surface area contributed by atoms with Crippen LogP contribution in [0.2, 0.25) is 0 Å². The standard InChI is InChI=1S/C25H32O7/c1-15(2)9-24(28)31-14-19-18(10-16-5-7-20(26)22(11-16)29-3)13-32-25(19)17-6-8-21(27)23(12-17)30-4/h5-8,11-12,15,18-19,25-27H,9-10,13-14H2,1-4H3/t18-,19+,25-/m1/s1. The first-order valence-electron chi connectivity index (χ1n) is 10.8. The number of rotatable bonds is 9. The summed E-state index contributed by atoms with van der Waals surface area (Å²) in [6, 6.07) is 10.4. The molecule has 3 atom stereocenters. The molecule has 0 saturated carbocycles. The van der Waals surface area contributed by atoms with Crippen LogP contribution in [0.5, 0.6) is 23.0 Å². The fourth-order valence-corrected chi connectivity index (χ4v) is 4.10. The van der Waals surface area contributed by atoms with E-state index in [-0.39, 0.29) is 47.9 Å². The molecular weight excluding hydrogens is 412 g/mol. The van der Waals surface area contributed by atoms with Crippen LogP contribution in [0.4, 0.5) is 0 Å². The van der Waals surface area contributed by atoms with E-state index in [2.05, 4.69) is 0 Å². The lowest BCUT2D eigenvalue weighted by Gasteiger charge is -2.24. The van der Waals surface area contributed by atoms with Crippen molar-refractivity contribution in [2.75, 3.05) is 27.4 Å². The number of phenols is 2. The van der Waals surface area contributed by atoms with Crippen molar-refractivity contribution in [3.8, 4) is 23.0 Å². The predicted molar refractivity (Wildman–Crippen MR) is 119 cm³/mol. The van der Waals surface area contributed by atoms with Crippen LogP contribution in [0.1, 0.15) is 37.5 Å². The quantitative estimate of drug-likeness (QED) is 0.558. The van der Waals surface area contributed by atoms with E-state index in [1.807, 2.05) is 26.0 Å². The topological polar surface area (TPSA) is 94.5 Å². The van der Waals surface area contributed by atoms with E-state index >= 15 is 0 Å². The predicted octanol–water partition coefficient (Wildman–Crippen LogP) is 4.25. The number of methoxy groups -OCH3 is 2. The molecule has 3 rings (SSSR count). The molecule has 0 bridgehead atoms. The number of carbonyl (C=O) groups is 1. The van der Waals surface area contributed by atoms with Crippen molar-refractivity contribution >= 4 is 5.97 Å². The summed E-state index contributed by atoms with van der Waals surface area (Å²) in [6.45, 7) is 4.68. The molecule has 1 heterocycles. The third-order valence-corrected chi connectivity index (χ3v) is 5.77. The third kappa shape index (κ3) is 5.65. The smallest absolute Gasteiger partial charge is 0.306 e. The van der Waals surface area contributed by atoms with Crippen LogP contribution in [0.3, 0.4) is 0 Å². The fourth-order valence-electron chi connectivity index (χ4n) is 4.10. The monoisotopic (exact) mass is 444 g/mol. The first kappa shape index (κ1) is 23.7. The van der Waals surface area contributed by atoms with Gasteiger partial charge in [0.25, 0.3) is 0 Å². The van der Waals surface area contributed by atoms with E-state index in [0.29, 0.717) is 30.9 Å². The zero-order valence-corrected chi connectivity index (χ0v) is 19.0. The molecule has 0 amide bonds. The minimum atomic E-state index is -0.305. The normalized spacial score (nSPS) is 20.3. The maximum absolute atomic E-state index is 12.2. The molecular formula is C25H32O7. The van der Waals surface area contributed by atoms with Gasteiger partial charge in [-0.25, -0.2) is 0 Å². The molecule has 1 aliphatic heterocycles. The minimum absolute atomic E-state index is 0.0573. The molecule has 0 radical (unpaired) electrons. The average Bonchev–Trinajstić information content (AvgIpc) is 3.15. The van der Waals surface area contributed by atoms with E-state index in [1.54, 1.807) is 24.3 Å². The number of phenolic OH excluding ortho intramolecular Hbond substituents is 2. The first-order chi connectivity index (χ1) is 15.3. The number of aromatic hydroxyl groups is 2. The van der Waals surface area contributed by atoms with Gasteiger partial charge in [0.05, 0.1) is 33.5 Å². The van der Waals surface area contributed by atoms with Gasteiger partial charge in [-0.15, -0.1) is 0 Å². The molecule has 0 aliphatic carbocycles. The molecule has 174 valence electrons. The second-order valence-corrected chi connectivity index (χ2v) is 8.60. The van der Waals surface area contributed by atoms with Crippen LogP contribution in [0.25, 0.3) is 0 Å². The number of hydrogen-bond acceptors (Lipinski definition) is 7. The molecule has 0 spiro atoms. The van der Waals surface area contributed by atoms with E-state index in [1.165, 1.54) is 14.2 Å². The molecule has 7 heteroatoms. The van der Waals surface area contributed by atoms with E-state index in [0.717, 1.165) is 11.1 Å².